The number of nitrogens with zero attached hydrogens (tertiary/aromatic N) is 3. The highest BCUT2D eigenvalue weighted by Crippen LogP contribution is 2.33. The number of nitrogens with one attached hydrogen (secondary N) is 1. The standard InChI is InChI=1S/C23H17ClN4O2S2/c24-18-8-3-7-17(14-18)22(27-32(29,30)21-10-4-13-31-21)20-15-16-6-1-2-9-19(16)28(20)23-25-11-5-12-26-23/h1-15,22,27H. The van der Waals surface area contributed by atoms with E-state index >= 15 is 0 Å². The number of fused-ring (bicyclic) bond motifs is 1. The summed E-state index contributed by atoms with van der Waals surface area (Å²) >= 11 is 7.44. The van der Waals surface area contributed by atoms with Gasteiger partial charge in [-0.2, -0.15) is 4.72 Å². The molecule has 0 aliphatic heterocycles. The smallest absolute Gasteiger partial charge is 0.250 e. The minimum Gasteiger partial charge on any atom is -0.280 e. The number of halogens is 1. The van der Waals surface area contributed by atoms with E-state index in [0.717, 1.165) is 22.2 Å². The minimum absolute atomic E-state index is 0.239. The lowest BCUT2D eigenvalue weighted by Crippen LogP contribution is -2.30. The second-order valence-corrected chi connectivity index (χ2v) is 10.4. The first kappa shape index (κ1) is 20.8. The Morgan fingerprint density at radius 2 is 1.75 bits per heavy atom. The maximum absolute atomic E-state index is 13.2. The molecule has 0 bridgehead atoms. The number of benzene rings is 2. The van der Waals surface area contributed by atoms with E-state index in [-0.39, 0.29) is 4.21 Å². The van der Waals surface area contributed by atoms with Gasteiger partial charge in [0.1, 0.15) is 4.21 Å². The molecule has 9 heteroatoms. The number of rotatable bonds is 6. The zero-order valence-corrected chi connectivity index (χ0v) is 19.0. The van der Waals surface area contributed by atoms with Gasteiger partial charge in [0.2, 0.25) is 5.95 Å². The van der Waals surface area contributed by atoms with Gasteiger partial charge in [0.25, 0.3) is 10.0 Å². The summed E-state index contributed by atoms with van der Waals surface area (Å²) in [5.74, 6) is 0.450. The Morgan fingerprint density at radius 1 is 0.938 bits per heavy atom. The lowest BCUT2D eigenvalue weighted by molar-refractivity contribution is 0.570. The summed E-state index contributed by atoms with van der Waals surface area (Å²) < 4.78 is 31.4. The summed E-state index contributed by atoms with van der Waals surface area (Å²) in [7, 11) is -3.79. The molecule has 0 aliphatic rings. The van der Waals surface area contributed by atoms with Gasteiger partial charge in [0.15, 0.2) is 0 Å². The molecule has 0 spiro atoms. The van der Waals surface area contributed by atoms with E-state index in [4.69, 9.17) is 11.6 Å². The molecule has 3 heterocycles. The molecule has 1 atom stereocenters. The Labute approximate surface area is 194 Å². The van der Waals surface area contributed by atoms with E-state index in [2.05, 4.69) is 14.7 Å². The monoisotopic (exact) mass is 480 g/mol. The van der Waals surface area contributed by atoms with Crippen LogP contribution in [-0.2, 0) is 10.0 Å². The van der Waals surface area contributed by atoms with Crippen molar-refractivity contribution in [3.8, 4) is 5.95 Å². The van der Waals surface area contributed by atoms with Gasteiger partial charge in [-0.25, -0.2) is 18.4 Å². The van der Waals surface area contributed by atoms with Crippen molar-refractivity contribution in [2.75, 3.05) is 0 Å². The van der Waals surface area contributed by atoms with Crippen LogP contribution in [0, 0.1) is 0 Å². The van der Waals surface area contributed by atoms with Gasteiger partial charge >= 0.3 is 0 Å². The summed E-state index contributed by atoms with van der Waals surface area (Å²) in [5, 5.41) is 3.19. The SMILES string of the molecule is O=S(=O)(NC(c1cccc(Cl)c1)c1cc2ccccc2n1-c1ncccn1)c1cccs1. The average molecular weight is 481 g/mol. The van der Waals surface area contributed by atoms with Gasteiger partial charge in [-0.1, -0.05) is 48.0 Å². The topological polar surface area (TPSA) is 76.9 Å². The Hall–Kier alpha value is -3.04. The molecule has 0 amide bonds. The highest BCUT2D eigenvalue weighted by atomic mass is 35.5. The molecule has 5 rings (SSSR count). The van der Waals surface area contributed by atoms with Crippen molar-refractivity contribution in [1.82, 2.24) is 19.3 Å². The van der Waals surface area contributed by atoms with Crippen LogP contribution in [0.5, 0.6) is 0 Å². The van der Waals surface area contributed by atoms with Gasteiger partial charge in [-0.05, 0) is 47.3 Å². The Kier molecular flexibility index (Phi) is 5.52. The van der Waals surface area contributed by atoms with Gasteiger partial charge < -0.3 is 0 Å². The normalized spacial score (nSPS) is 12.8. The lowest BCUT2D eigenvalue weighted by atomic mass is 10.0. The van der Waals surface area contributed by atoms with E-state index in [1.54, 1.807) is 54.2 Å². The van der Waals surface area contributed by atoms with Crippen molar-refractivity contribution >= 4 is 43.9 Å². The van der Waals surface area contributed by atoms with Crippen LogP contribution in [0.2, 0.25) is 5.02 Å². The summed E-state index contributed by atoms with van der Waals surface area (Å²) in [6.07, 6.45) is 3.32. The first-order chi connectivity index (χ1) is 15.5. The van der Waals surface area contributed by atoms with Crippen LogP contribution in [-0.4, -0.2) is 23.0 Å². The van der Waals surface area contributed by atoms with E-state index in [9.17, 15) is 8.42 Å². The first-order valence-electron chi connectivity index (χ1n) is 9.72. The third-order valence-electron chi connectivity index (χ3n) is 5.00. The Bertz CT molecular complexity index is 1480. The minimum atomic E-state index is -3.79. The third kappa shape index (κ3) is 3.93. The molecular formula is C23H17ClN4O2S2. The Balaban J connectivity index is 1.75. The number of aromatic nitrogens is 3. The zero-order valence-electron chi connectivity index (χ0n) is 16.6. The van der Waals surface area contributed by atoms with Crippen molar-refractivity contribution in [3.63, 3.8) is 0 Å². The van der Waals surface area contributed by atoms with Crippen LogP contribution in [0.15, 0.2) is 94.8 Å². The molecular weight excluding hydrogens is 464 g/mol. The lowest BCUT2D eigenvalue weighted by Gasteiger charge is -2.21. The van der Waals surface area contributed by atoms with Crippen LogP contribution in [0.4, 0.5) is 0 Å². The van der Waals surface area contributed by atoms with E-state index in [1.165, 1.54) is 0 Å². The number of hydrogen-bond acceptors (Lipinski definition) is 5. The maximum Gasteiger partial charge on any atom is 0.250 e. The predicted molar refractivity (Wildman–Crippen MR) is 127 cm³/mol. The summed E-state index contributed by atoms with van der Waals surface area (Å²) in [5.41, 5.74) is 2.26. The quantitative estimate of drug-likeness (QED) is 0.362. The molecule has 3 aromatic heterocycles. The summed E-state index contributed by atoms with van der Waals surface area (Å²) in [6.45, 7) is 0. The molecule has 160 valence electrons. The third-order valence-corrected chi connectivity index (χ3v) is 8.06. The van der Waals surface area contributed by atoms with Crippen LogP contribution in [0.1, 0.15) is 17.3 Å². The molecule has 0 saturated carbocycles. The molecule has 0 fully saturated rings. The molecule has 1 N–H and O–H groups in total. The second-order valence-electron chi connectivity index (χ2n) is 7.05. The van der Waals surface area contributed by atoms with Gasteiger partial charge in [-0.3, -0.25) is 4.57 Å². The number of thiophene rings is 1. The Morgan fingerprint density at radius 3 is 2.50 bits per heavy atom. The van der Waals surface area contributed by atoms with Gasteiger partial charge in [0.05, 0.1) is 11.6 Å². The fraction of sp³-hybridized carbons (Fsp3) is 0.0435. The molecule has 0 radical (unpaired) electrons. The first-order valence-corrected chi connectivity index (χ1v) is 12.5. The van der Waals surface area contributed by atoms with Gasteiger partial charge in [0, 0.05) is 28.5 Å². The summed E-state index contributed by atoms with van der Waals surface area (Å²) in [4.78, 5) is 8.85. The molecule has 2 aromatic carbocycles. The van der Waals surface area contributed by atoms with Crippen molar-refractivity contribution in [1.29, 1.82) is 0 Å². The fourth-order valence-corrected chi connectivity index (χ4v) is 6.04. The van der Waals surface area contributed by atoms with Crippen molar-refractivity contribution in [2.24, 2.45) is 0 Å². The average Bonchev–Trinajstić information content (AvgIpc) is 3.47. The van der Waals surface area contributed by atoms with Crippen LogP contribution in [0.3, 0.4) is 0 Å². The number of para-hydroxylation sites is 1. The van der Waals surface area contributed by atoms with Crippen LogP contribution >= 0.6 is 22.9 Å². The van der Waals surface area contributed by atoms with Gasteiger partial charge in [-0.15, -0.1) is 11.3 Å². The van der Waals surface area contributed by atoms with Crippen LogP contribution in [0.25, 0.3) is 16.9 Å². The molecule has 5 aromatic rings. The molecule has 6 nitrogen and oxygen atoms in total. The summed E-state index contributed by atoms with van der Waals surface area (Å²) in [6, 6.07) is 21.2. The maximum atomic E-state index is 13.2. The van der Waals surface area contributed by atoms with Crippen molar-refractivity contribution in [3.05, 3.63) is 107 Å². The molecule has 0 saturated heterocycles. The number of hydrogen-bond donors (Lipinski definition) is 1. The highest BCUT2D eigenvalue weighted by Gasteiger charge is 2.28. The highest BCUT2D eigenvalue weighted by molar-refractivity contribution is 7.91. The predicted octanol–water partition coefficient (Wildman–Crippen LogP) is 5.20. The largest absolute Gasteiger partial charge is 0.280 e. The van der Waals surface area contributed by atoms with Crippen LogP contribution < -0.4 is 4.72 Å². The fourth-order valence-electron chi connectivity index (χ4n) is 3.63. The zero-order chi connectivity index (χ0) is 22.1. The molecule has 1 unspecified atom stereocenters. The molecule has 0 aliphatic carbocycles. The number of sulfonamides is 1. The second kappa shape index (κ2) is 8.48. The van der Waals surface area contributed by atoms with E-state index in [0.29, 0.717) is 22.2 Å². The van der Waals surface area contributed by atoms with E-state index in [1.807, 2.05) is 41.0 Å². The van der Waals surface area contributed by atoms with Crippen molar-refractivity contribution < 1.29 is 8.42 Å². The van der Waals surface area contributed by atoms with Crippen molar-refractivity contribution in [2.45, 2.75) is 10.3 Å². The molecule has 32 heavy (non-hydrogen) atoms. The van der Waals surface area contributed by atoms with E-state index < -0.39 is 16.1 Å².